The molecule has 302 valence electrons. The van der Waals surface area contributed by atoms with Crippen molar-refractivity contribution in [2.24, 2.45) is 0 Å². The second kappa shape index (κ2) is 21.3. The van der Waals surface area contributed by atoms with Crippen LogP contribution in [0.1, 0.15) is 25.0 Å². The summed E-state index contributed by atoms with van der Waals surface area (Å²) in [4.78, 5) is 2.00. The minimum absolute atomic E-state index is 0.0865. The van der Waals surface area contributed by atoms with Crippen molar-refractivity contribution in [2.75, 3.05) is 4.90 Å². The number of anilines is 3. The predicted molar refractivity (Wildman–Crippen MR) is 222 cm³/mol. The molecule has 0 spiro atoms. The van der Waals surface area contributed by atoms with Crippen molar-refractivity contribution < 1.29 is 44.9 Å². The number of ether oxygens (including phenoxy) is 3. The third-order valence-electron chi connectivity index (χ3n) is 8.13. The molecule has 0 atom stereocenters. The van der Waals surface area contributed by atoms with Gasteiger partial charge in [0.1, 0.15) is 17.3 Å². The van der Waals surface area contributed by atoms with E-state index in [0.29, 0.717) is 28.9 Å². The van der Waals surface area contributed by atoms with Crippen molar-refractivity contribution in [1.29, 1.82) is 0 Å². The summed E-state index contributed by atoms with van der Waals surface area (Å²) < 4.78 is 107. The van der Waals surface area contributed by atoms with E-state index in [2.05, 4.69) is 31.1 Å². The van der Waals surface area contributed by atoms with Gasteiger partial charge in [-0.2, -0.15) is 22.0 Å². The van der Waals surface area contributed by atoms with Gasteiger partial charge in [0, 0.05) is 17.1 Å². The Bertz CT molecular complexity index is 2400. The number of benzene rings is 4. The molecule has 0 radical (unpaired) electrons. The fourth-order valence-corrected chi connectivity index (χ4v) is 5.18. The maximum atomic E-state index is 14.0. The molecule has 4 aromatic carbocycles. The molecule has 0 aliphatic carbocycles. The van der Waals surface area contributed by atoms with E-state index in [-0.39, 0.29) is 17.3 Å². The van der Waals surface area contributed by atoms with E-state index in [1.165, 1.54) is 38.1 Å². The molecule has 0 aliphatic heterocycles. The van der Waals surface area contributed by atoms with Gasteiger partial charge < -0.3 is 19.1 Å². The van der Waals surface area contributed by atoms with E-state index in [4.69, 9.17) is 9.47 Å². The number of hydrogen-bond donors (Lipinski definition) is 0. The van der Waals surface area contributed by atoms with E-state index < -0.39 is 35.8 Å². The first-order valence-electron chi connectivity index (χ1n) is 17.6. The summed E-state index contributed by atoms with van der Waals surface area (Å²) in [5.74, 6) is -2.32. The van der Waals surface area contributed by atoms with E-state index >= 15 is 0 Å². The van der Waals surface area contributed by atoms with Crippen LogP contribution in [0.25, 0.3) is 22.3 Å². The molecule has 0 aliphatic rings. The summed E-state index contributed by atoms with van der Waals surface area (Å²) in [5, 5.41) is 0. The van der Waals surface area contributed by atoms with Crippen molar-refractivity contribution in [3.8, 4) is 16.9 Å². The van der Waals surface area contributed by atoms with Gasteiger partial charge in [-0.15, -0.1) is 0 Å². The second-order valence-corrected chi connectivity index (χ2v) is 12.3. The molecule has 0 unspecified atom stereocenters. The Balaban J connectivity index is 1.64. The molecular formula is C48H38F7NO3. The zero-order chi connectivity index (χ0) is 43.1. The minimum Gasteiger partial charge on any atom is -0.434 e. The zero-order valence-corrected chi connectivity index (χ0v) is 32.0. The first-order valence-corrected chi connectivity index (χ1v) is 17.6. The first-order chi connectivity index (χ1) is 28.2. The van der Waals surface area contributed by atoms with Crippen LogP contribution in [0.15, 0.2) is 219 Å². The van der Waals surface area contributed by atoms with Crippen molar-refractivity contribution in [3.63, 3.8) is 0 Å². The Kier molecular flexibility index (Phi) is 16.1. The van der Waals surface area contributed by atoms with Crippen LogP contribution in [0.2, 0.25) is 0 Å². The zero-order valence-electron chi connectivity index (χ0n) is 32.0. The van der Waals surface area contributed by atoms with E-state index in [9.17, 15) is 30.7 Å². The molecule has 11 heteroatoms. The van der Waals surface area contributed by atoms with Crippen molar-refractivity contribution in [3.05, 3.63) is 230 Å². The number of allylic oxidation sites excluding steroid dienone is 14. The van der Waals surface area contributed by atoms with Gasteiger partial charge in [-0.1, -0.05) is 99.2 Å². The average Bonchev–Trinajstić information content (AvgIpc) is 3.23. The Morgan fingerprint density at radius 1 is 0.542 bits per heavy atom. The Morgan fingerprint density at radius 2 is 0.983 bits per heavy atom. The standard InChI is InChI=1S/C48H38F7NO3/c1-7-43(49)46(53)57-33(5)14-9-12-31(3)35-18-24-39(25-19-35)56(40-26-20-36(21-27-40)32(4)13-10-15-34(6)58-48(55)45(51)52)41-28-22-37(23-29-41)38-16-11-17-42(30-38)59-47(54)44(50)8-2/h7-30H,1-4H2,5-6H3/b12-9-,13-10-,33-14+,34-15+,46-43+,47-44+. The van der Waals surface area contributed by atoms with E-state index in [1.807, 2.05) is 77.7 Å². The highest BCUT2D eigenvalue weighted by Gasteiger charge is 2.15. The SMILES string of the molecule is C=C/C(F)=C(/F)O/C(C)=C/C=C\C(=C)c1ccc(N(c2ccc(C(=C)/C=C\C=C(/C)OC(F)=C(F)F)cc2)c2ccc(-c3cccc(O/C(F)=C(/F)C=C)c3)cc2)cc1. The molecule has 0 heterocycles. The lowest BCUT2D eigenvalue weighted by atomic mass is 10.0. The van der Waals surface area contributed by atoms with Crippen LogP contribution in [0.4, 0.5) is 47.8 Å². The smallest absolute Gasteiger partial charge is 0.344 e. The third-order valence-corrected chi connectivity index (χ3v) is 8.13. The monoisotopic (exact) mass is 809 g/mol. The normalized spacial score (nSPS) is 12.7. The van der Waals surface area contributed by atoms with Gasteiger partial charge in [-0.05, 0) is 120 Å². The second-order valence-electron chi connectivity index (χ2n) is 12.3. The lowest BCUT2D eigenvalue weighted by Crippen LogP contribution is -2.10. The van der Waals surface area contributed by atoms with E-state index in [1.54, 1.807) is 36.4 Å². The molecule has 0 N–H and O–H groups in total. The summed E-state index contributed by atoms with van der Waals surface area (Å²) in [7, 11) is 0. The molecule has 0 amide bonds. The highest BCUT2D eigenvalue weighted by Crippen LogP contribution is 2.37. The van der Waals surface area contributed by atoms with Gasteiger partial charge in [-0.3, -0.25) is 0 Å². The maximum Gasteiger partial charge on any atom is 0.344 e. The summed E-state index contributed by atoms with van der Waals surface area (Å²) in [5.41, 5.74) is 6.49. The lowest BCUT2D eigenvalue weighted by Gasteiger charge is -2.26. The highest BCUT2D eigenvalue weighted by molar-refractivity contribution is 5.82. The molecule has 0 saturated heterocycles. The molecular weight excluding hydrogens is 772 g/mol. The molecule has 0 saturated carbocycles. The maximum absolute atomic E-state index is 14.0. The summed E-state index contributed by atoms with van der Waals surface area (Å²) in [6.45, 7) is 17.3. The van der Waals surface area contributed by atoms with Crippen LogP contribution in [-0.2, 0) is 9.47 Å². The summed E-state index contributed by atoms with van der Waals surface area (Å²) >= 11 is 0. The van der Waals surface area contributed by atoms with Crippen molar-refractivity contribution in [1.82, 2.24) is 0 Å². The van der Waals surface area contributed by atoms with Crippen molar-refractivity contribution in [2.45, 2.75) is 13.8 Å². The van der Waals surface area contributed by atoms with Crippen LogP contribution in [-0.4, -0.2) is 0 Å². The Hall–Kier alpha value is -7.27. The fourth-order valence-electron chi connectivity index (χ4n) is 5.18. The van der Waals surface area contributed by atoms with Gasteiger partial charge in [0.05, 0.1) is 0 Å². The quantitative estimate of drug-likeness (QED) is 0.0569. The van der Waals surface area contributed by atoms with Gasteiger partial charge in [0.15, 0.2) is 11.7 Å². The number of halogens is 7. The van der Waals surface area contributed by atoms with Crippen LogP contribution >= 0.6 is 0 Å². The molecule has 0 fully saturated rings. The summed E-state index contributed by atoms with van der Waals surface area (Å²) in [6.07, 6.45) is 8.03. The minimum atomic E-state index is -2.56. The van der Waals surface area contributed by atoms with E-state index in [0.717, 1.165) is 33.8 Å². The highest BCUT2D eigenvalue weighted by atomic mass is 19.3. The molecule has 4 nitrogen and oxygen atoms in total. The van der Waals surface area contributed by atoms with Crippen molar-refractivity contribution >= 4 is 28.2 Å². The Labute approximate surface area is 338 Å². The van der Waals surface area contributed by atoms with Gasteiger partial charge >= 0.3 is 24.1 Å². The molecule has 0 aromatic heterocycles. The molecule has 59 heavy (non-hydrogen) atoms. The third kappa shape index (κ3) is 12.9. The number of hydrogen-bond acceptors (Lipinski definition) is 4. The van der Waals surface area contributed by atoms with Gasteiger partial charge in [0.2, 0.25) is 0 Å². The average molecular weight is 810 g/mol. The predicted octanol–water partition coefficient (Wildman–Crippen LogP) is 15.8. The molecule has 4 rings (SSSR count). The molecule has 0 bridgehead atoms. The van der Waals surface area contributed by atoms with Crippen LogP contribution in [0.3, 0.4) is 0 Å². The Morgan fingerprint density at radius 3 is 1.44 bits per heavy atom. The van der Waals surface area contributed by atoms with Crippen LogP contribution in [0, 0.1) is 0 Å². The topological polar surface area (TPSA) is 30.9 Å². The first kappa shape index (κ1) is 44.4. The largest absolute Gasteiger partial charge is 0.434 e. The number of rotatable bonds is 18. The summed E-state index contributed by atoms with van der Waals surface area (Å²) in [6, 6.07) is 24.3. The van der Waals surface area contributed by atoms with Crippen LogP contribution < -0.4 is 9.64 Å². The van der Waals surface area contributed by atoms with Crippen LogP contribution in [0.5, 0.6) is 5.75 Å². The lowest BCUT2D eigenvalue weighted by molar-refractivity contribution is 0.178. The molecule has 4 aromatic rings. The van der Waals surface area contributed by atoms with Gasteiger partial charge in [0.25, 0.3) is 0 Å². The number of nitrogens with zero attached hydrogens (tertiary/aromatic N) is 1. The van der Waals surface area contributed by atoms with Gasteiger partial charge in [-0.25, -0.2) is 8.78 Å². The fraction of sp³-hybridized carbons (Fsp3) is 0.0417.